The highest BCUT2D eigenvalue weighted by Crippen LogP contribution is 2.40. The Morgan fingerprint density at radius 3 is 2.00 bits per heavy atom. The van der Waals surface area contributed by atoms with E-state index in [1.54, 1.807) is 6.92 Å². The van der Waals surface area contributed by atoms with Crippen LogP contribution in [0.15, 0.2) is 24.3 Å². The van der Waals surface area contributed by atoms with Crippen molar-refractivity contribution in [2.75, 3.05) is 6.61 Å². The molecule has 176 valence electrons. The number of ether oxygens (including phenoxy) is 2. The highest BCUT2D eigenvalue weighted by atomic mass is 19.3. The average Bonchev–Trinajstić information content (AvgIpc) is 2.75. The first-order chi connectivity index (χ1) is 15.2. The Bertz CT molecular complexity index is 939. The predicted molar refractivity (Wildman–Crippen MR) is 109 cm³/mol. The molecule has 0 amide bonds. The van der Waals surface area contributed by atoms with Gasteiger partial charge < -0.3 is 9.47 Å². The van der Waals surface area contributed by atoms with Crippen LogP contribution in [-0.4, -0.2) is 12.7 Å². The highest BCUT2D eigenvalue weighted by Gasteiger charge is 2.41. The van der Waals surface area contributed by atoms with Gasteiger partial charge in [-0.25, -0.2) is 13.2 Å². The van der Waals surface area contributed by atoms with E-state index in [1.165, 1.54) is 0 Å². The molecule has 0 atom stereocenters. The lowest BCUT2D eigenvalue weighted by molar-refractivity contribution is -0.279. The summed E-state index contributed by atoms with van der Waals surface area (Å²) in [6, 6.07) is 3.51. The van der Waals surface area contributed by atoms with Crippen LogP contribution < -0.4 is 4.74 Å². The van der Waals surface area contributed by atoms with E-state index in [9.17, 15) is 26.3 Å². The number of benzene rings is 2. The van der Waals surface area contributed by atoms with E-state index < -0.39 is 52.2 Å². The number of hydrogen-bond acceptors (Lipinski definition) is 2. The maximum Gasteiger partial charge on any atom is 0.386 e. The SMILES string of the molecule is CCCC1CCC(OC(F)(F)c2ccc(-c3ccc(OCC)c(F)c3F)c(F)c2F)CC1. The van der Waals surface area contributed by atoms with Crippen LogP contribution >= 0.6 is 0 Å². The summed E-state index contributed by atoms with van der Waals surface area (Å²) in [6.45, 7) is 3.70. The molecule has 0 bridgehead atoms. The van der Waals surface area contributed by atoms with Crippen LogP contribution in [0.2, 0.25) is 0 Å². The molecular weight excluding hydrogens is 434 g/mol. The number of hydrogen-bond donors (Lipinski definition) is 0. The topological polar surface area (TPSA) is 18.5 Å². The number of alkyl halides is 2. The van der Waals surface area contributed by atoms with Crippen LogP contribution in [0.3, 0.4) is 0 Å². The van der Waals surface area contributed by atoms with E-state index in [4.69, 9.17) is 9.47 Å². The third-order valence-electron chi connectivity index (χ3n) is 5.84. The Labute approximate surface area is 183 Å². The molecule has 0 N–H and O–H groups in total. The molecule has 1 fully saturated rings. The van der Waals surface area contributed by atoms with Gasteiger partial charge in [0.2, 0.25) is 5.82 Å². The summed E-state index contributed by atoms with van der Waals surface area (Å²) in [5.74, 6) is -6.33. The second kappa shape index (κ2) is 10.1. The van der Waals surface area contributed by atoms with Crippen LogP contribution in [0.1, 0.15) is 57.9 Å². The second-order valence-electron chi connectivity index (χ2n) is 8.03. The van der Waals surface area contributed by atoms with Crippen molar-refractivity contribution in [1.29, 1.82) is 0 Å². The first-order valence-corrected chi connectivity index (χ1v) is 10.8. The zero-order chi connectivity index (χ0) is 23.5. The fourth-order valence-electron chi connectivity index (χ4n) is 4.21. The third kappa shape index (κ3) is 5.05. The molecule has 0 aliphatic heterocycles. The van der Waals surface area contributed by atoms with Gasteiger partial charge >= 0.3 is 6.11 Å². The molecule has 1 aliphatic carbocycles. The first-order valence-electron chi connectivity index (χ1n) is 10.8. The van der Waals surface area contributed by atoms with Crippen LogP contribution in [0.25, 0.3) is 11.1 Å². The molecule has 2 aromatic carbocycles. The van der Waals surface area contributed by atoms with Gasteiger partial charge in [0, 0.05) is 11.1 Å². The van der Waals surface area contributed by atoms with Crippen molar-refractivity contribution in [2.45, 2.75) is 64.6 Å². The molecule has 1 aliphatic rings. The molecule has 0 saturated heterocycles. The minimum atomic E-state index is -4.06. The van der Waals surface area contributed by atoms with Crippen molar-refractivity contribution >= 4 is 0 Å². The van der Waals surface area contributed by atoms with Crippen LogP contribution in [0, 0.1) is 29.2 Å². The summed E-state index contributed by atoms with van der Waals surface area (Å²) in [7, 11) is 0. The van der Waals surface area contributed by atoms with E-state index in [0.717, 1.165) is 43.9 Å². The zero-order valence-corrected chi connectivity index (χ0v) is 18.0. The van der Waals surface area contributed by atoms with Gasteiger partial charge in [-0.2, -0.15) is 13.2 Å². The Morgan fingerprint density at radius 1 is 0.812 bits per heavy atom. The summed E-state index contributed by atoms with van der Waals surface area (Å²) < 4.78 is 96.9. The lowest BCUT2D eigenvalue weighted by Gasteiger charge is -2.31. The molecule has 2 aromatic rings. The normalized spacial score (nSPS) is 19.2. The summed E-state index contributed by atoms with van der Waals surface area (Å²) in [5, 5.41) is 0. The Hall–Kier alpha value is -2.22. The van der Waals surface area contributed by atoms with Gasteiger partial charge in [0.15, 0.2) is 23.2 Å². The molecule has 0 heterocycles. The molecule has 0 unspecified atom stereocenters. The lowest BCUT2D eigenvalue weighted by atomic mass is 9.84. The number of rotatable bonds is 8. The first kappa shape index (κ1) is 24.4. The monoisotopic (exact) mass is 460 g/mol. The van der Waals surface area contributed by atoms with Crippen LogP contribution in [0.4, 0.5) is 26.3 Å². The van der Waals surface area contributed by atoms with Crippen molar-refractivity contribution in [3.8, 4) is 16.9 Å². The van der Waals surface area contributed by atoms with Gasteiger partial charge in [-0.15, -0.1) is 0 Å². The molecule has 1 saturated carbocycles. The molecule has 0 spiro atoms. The highest BCUT2D eigenvalue weighted by molar-refractivity contribution is 5.66. The van der Waals surface area contributed by atoms with Crippen LogP contribution in [0.5, 0.6) is 5.75 Å². The Kier molecular flexibility index (Phi) is 7.75. The van der Waals surface area contributed by atoms with Crippen molar-refractivity contribution in [3.05, 3.63) is 53.1 Å². The van der Waals surface area contributed by atoms with Gasteiger partial charge in [-0.05, 0) is 56.7 Å². The standard InChI is InChI=1S/C24H26F6O2/c1-3-5-14-6-8-15(9-7-14)32-24(29,30)18-12-10-16(20(25)22(18)27)17-11-13-19(31-4-2)23(28)21(17)26/h10-15H,3-9H2,1-2H3. The summed E-state index contributed by atoms with van der Waals surface area (Å²) in [5.41, 5.74) is -2.56. The fourth-order valence-corrected chi connectivity index (χ4v) is 4.21. The summed E-state index contributed by atoms with van der Waals surface area (Å²) >= 11 is 0. The predicted octanol–water partition coefficient (Wildman–Crippen LogP) is 7.73. The summed E-state index contributed by atoms with van der Waals surface area (Å²) in [4.78, 5) is 0. The quantitative estimate of drug-likeness (QED) is 0.375. The Balaban J connectivity index is 1.83. The van der Waals surface area contributed by atoms with Gasteiger partial charge in [-0.1, -0.05) is 25.8 Å². The van der Waals surface area contributed by atoms with E-state index in [2.05, 4.69) is 6.92 Å². The number of halogens is 6. The van der Waals surface area contributed by atoms with Crippen molar-refractivity contribution < 1.29 is 35.8 Å². The van der Waals surface area contributed by atoms with Crippen molar-refractivity contribution in [1.82, 2.24) is 0 Å². The van der Waals surface area contributed by atoms with Crippen molar-refractivity contribution in [2.24, 2.45) is 5.92 Å². The van der Waals surface area contributed by atoms with E-state index in [1.807, 2.05) is 0 Å². The fraction of sp³-hybridized carbons (Fsp3) is 0.500. The molecule has 32 heavy (non-hydrogen) atoms. The van der Waals surface area contributed by atoms with Crippen molar-refractivity contribution in [3.63, 3.8) is 0 Å². The molecule has 2 nitrogen and oxygen atoms in total. The molecule has 8 heteroatoms. The van der Waals surface area contributed by atoms with Gasteiger partial charge in [0.1, 0.15) is 0 Å². The van der Waals surface area contributed by atoms with Gasteiger partial charge in [0.05, 0.1) is 18.3 Å². The minimum absolute atomic E-state index is 0.0722. The average molecular weight is 460 g/mol. The Morgan fingerprint density at radius 2 is 1.41 bits per heavy atom. The smallest absolute Gasteiger partial charge is 0.386 e. The van der Waals surface area contributed by atoms with Gasteiger partial charge in [-0.3, -0.25) is 0 Å². The van der Waals surface area contributed by atoms with E-state index >= 15 is 0 Å². The third-order valence-corrected chi connectivity index (χ3v) is 5.84. The minimum Gasteiger partial charge on any atom is -0.491 e. The van der Waals surface area contributed by atoms with Crippen LogP contribution in [-0.2, 0) is 10.8 Å². The van der Waals surface area contributed by atoms with E-state index in [0.29, 0.717) is 24.8 Å². The molecular formula is C24H26F6O2. The maximum atomic E-state index is 14.7. The van der Waals surface area contributed by atoms with Gasteiger partial charge in [0.25, 0.3) is 0 Å². The molecule has 3 rings (SSSR count). The van der Waals surface area contributed by atoms with E-state index in [-0.39, 0.29) is 12.4 Å². The largest absolute Gasteiger partial charge is 0.491 e. The zero-order valence-electron chi connectivity index (χ0n) is 18.0. The lowest BCUT2D eigenvalue weighted by Crippen LogP contribution is -2.30. The maximum absolute atomic E-state index is 14.7. The molecule has 0 aromatic heterocycles. The molecule has 0 radical (unpaired) electrons. The second-order valence-corrected chi connectivity index (χ2v) is 8.03. The summed E-state index contributed by atoms with van der Waals surface area (Å²) in [6.07, 6.45) is -0.473.